The molecule has 168 valence electrons. The molecule has 6 rings (SSSR count). The molecule has 6 aliphatic rings. The fourth-order valence-electron chi connectivity index (χ4n) is 10.1. The van der Waals surface area contributed by atoms with Gasteiger partial charge in [-0.15, -0.1) is 0 Å². The third-order valence-corrected chi connectivity index (χ3v) is 11.7. The zero-order chi connectivity index (χ0) is 20.9. The average Bonchev–Trinajstić information content (AvgIpc) is 3.16. The summed E-state index contributed by atoms with van der Waals surface area (Å²) in [5, 5.41) is 0. The van der Waals surface area contributed by atoms with E-state index in [1.54, 1.807) is 0 Å². The average molecular weight is 415 g/mol. The fraction of sp³-hybridized carbons (Fsp3) is 0.963. The first-order valence-corrected chi connectivity index (χ1v) is 13.1. The molecular weight excluding hydrogens is 372 g/mol. The zero-order valence-electron chi connectivity index (χ0n) is 19.6. The minimum absolute atomic E-state index is 0.292. The number of rotatable bonds is 0. The number of hydrogen-bond acceptors (Lipinski definition) is 3. The number of fused-ring (bicyclic) bond motifs is 7. The molecule has 0 amide bonds. The van der Waals surface area contributed by atoms with Crippen molar-refractivity contribution in [2.24, 2.45) is 52.3 Å². The topological polar surface area (TPSA) is 35.5 Å². The van der Waals surface area contributed by atoms with Gasteiger partial charge in [-0.25, -0.2) is 0 Å². The second kappa shape index (κ2) is 6.56. The lowest BCUT2D eigenvalue weighted by Crippen LogP contribution is -2.54. The van der Waals surface area contributed by atoms with E-state index in [1.807, 2.05) is 0 Å². The molecule has 6 fully saturated rings. The highest BCUT2D eigenvalue weighted by atomic mass is 16.7. The Kier molecular flexibility index (Phi) is 4.42. The molecule has 30 heavy (non-hydrogen) atoms. The molecule has 0 radical (unpaired) electrons. The van der Waals surface area contributed by atoms with Crippen molar-refractivity contribution < 1.29 is 14.3 Å². The lowest BCUT2D eigenvalue weighted by atomic mass is 9.44. The van der Waals surface area contributed by atoms with Crippen molar-refractivity contribution in [1.29, 1.82) is 0 Å². The van der Waals surface area contributed by atoms with E-state index in [0.29, 0.717) is 46.4 Å². The van der Waals surface area contributed by atoms with Crippen molar-refractivity contribution >= 4 is 5.78 Å². The van der Waals surface area contributed by atoms with Gasteiger partial charge in [0.2, 0.25) is 0 Å². The lowest BCUT2D eigenvalue weighted by molar-refractivity contribution is -0.273. The summed E-state index contributed by atoms with van der Waals surface area (Å²) >= 11 is 0. The Morgan fingerprint density at radius 3 is 2.53 bits per heavy atom. The third-order valence-electron chi connectivity index (χ3n) is 11.7. The molecule has 1 spiro atoms. The van der Waals surface area contributed by atoms with E-state index in [-0.39, 0.29) is 5.79 Å². The predicted molar refractivity (Wildman–Crippen MR) is 117 cm³/mol. The quantitative estimate of drug-likeness (QED) is 0.487. The normalized spacial score (nSPS) is 60.1. The molecule has 2 saturated heterocycles. The number of hydrogen-bond donors (Lipinski definition) is 0. The Bertz CT molecular complexity index is 724. The number of carbonyl (C=O) groups is 1. The van der Waals surface area contributed by atoms with Gasteiger partial charge in [-0.2, -0.15) is 0 Å². The van der Waals surface area contributed by atoms with E-state index in [1.165, 1.54) is 38.5 Å². The van der Waals surface area contributed by atoms with Crippen LogP contribution in [0.3, 0.4) is 0 Å². The summed E-state index contributed by atoms with van der Waals surface area (Å²) in [4.78, 5) is 12.2. The molecule has 0 bridgehead atoms. The van der Waals surface area contributed by atoms with Crippen LogP contribution in [-0.2, 0) is 14.3 Å². The van der Waals surface area contributed by atoms with E-state index in [9.17, 15) is 4.79 Å². The van der Waals surface area contributed by atoms with Crippen molar-refractivity contribution in [3.05, 3.63) is 0 Å². The van der Waals surface area contributed by atoms with Gasteiger partial charge in [-0.05, 0) is 91.3 Å². The number of carbonyl (C=O) groups excluding carboxylic acids is 1. The van der Waals surface area contributed by atoms with Gasteiger partial charge in [0.05, 0.1) is 12.7 Å². The minimum Gasteiger partial charge on any atom is -0.349 e. The monoisotopic (exact) mass is 414 g/mol. The first-order chi connectivity index (χ1) is 14.3. The molecule has 0 aromatic rings. The van der Waals surface area contributed by atoms with Crippen molar-refractivity contribution in [3.63, 3.8) is 0 Å². The van der Waals surface area contributed by atoms with E-state index < -0.39 is 0 Å². The van der Waals surface area contributed by atoms with Gasteiger partial charge in [0, 0.05) is 25.2 Å². The molecule has 2 aliphatic heterocycles. The molecule has 3 nitrogen and oxygen atoms in total. The molecule has 11 atom stereocenters. The summed E-state index contributed by atoms with van der Waals surface area (Å²) in [7, 11) is 0. The summed E-state index contributed by atoms with van der Waals surface area (Å²) < 4.78 is 13.4. The SMILES string of the molecule is C[C@@H]1CC[C@]2(OC1)O[C@H]1C[C@@H]3[C@H]4CC[C@H]5CC(=O)CC[C@@]5(C)[C@@H]4CC[C@@]3(C)[C@H]1[C@H]2C. The van der Waals surface area contributed by atoms with Crippen LogP contribution in [0.15, 0.2) is 0 Å². The lowest BCUT2D eigenvalue weighted by Gasteiger charge is -2.60. The third kappa shape index (κ3) is 2.54. The van der Waals surface area contributed by atoms with Crippen LogP contribution >= 0.6 is 0 Å². The van der Waals surface area contributed by atoms with Gasteiger partial charge < -0.3 is 9.47 Å². The van der Waals surface area contributed by atoms with Crippen molar-refractivity contribution in [2.75, 3.05) is 6.61 Å². The highest BCUT2D eigenvalue weighted by Crippen LogP contribution is 2.71. The Morgan fingerprint density at radius 2 is 1.77 bits per heavy atom. The largest absolute Gasteiger partial charge is 0.349 e. The Morgan fingerprint density at radius 1 is 0.933 bits per heavy atom. The van der Waals surface area contributed by atoms with Crippen LogP contribution in [0.4, 0.5) is 0 Å². The predicted octanol–water partition coefficient (Wildman–Crippen LogP) is 6.00. The molecule has 2 heterocycles. The van der Waals surface area contributed by atoms with Crippen LogP contribution in [0.1, 0.15) is 91.9 Å². The van der Waals surface area contributed by atoms with Crippen LogP contribution < -0.4 is 0 Å². The number of ether oxygens (including phenoxy) is 2. The van der Waals surface area contributed by atoms with Gasteiger partial charge >= 0.3 is 0 Å². The van der Waals surface area contributed by atoms with Crippen LogP contribution in [0.25, 0.3) is 0 Å². The second-order valence-corrected chi connectivity index (χ2v) is 12.9. The van der Waals surface area contributed by atoms with Gasteiger partial charge in [0.25, 0.3) is 0 Å². The molecular formula is C27H42O3. The minimum atomic E-state index is -0.292. The summed E-state index contributed by atoms with van der Waals surface area (Å²) in [6.45, 7) is 10.8. The van der Waals surface area contributed by atoms with Crippen LogP contribution in [0.2, 0.25) is 0 Å². The maximum Gasteiger partial charge on any atom is 0.171 e. The Labute approximate surface area is 183 Å². The molecule has 4 saturated carbocycles. The highest BCUT2D eigenvalue weighted by Gasteiger charge is 2.69. The summed E-state index contributed by atoms with van der Waals surface area (Å²) in [6, 6.07) is 0. The first-order valence-electron chi connectivity index (χ1n) is 13.1. The molecule has 0 aromatic heterocycles. The van der Waals surface area contributed by atoms with Crippen molar-refractivity contribution in [3.8, 4) is 0 Å². The zero-order valence-corrected chi connectivity index (χ0v) is 19.6. The Balaban J connectivity index is 1.26. The standard InChI is InChI=1S/C27H42O3/c1-16-7-12-27(29-15-16)17(2)24-23(30-27)14-22-20-6-5-18-13-19(28)8-10-25(18,3)21(20)9-11-26(22,24)4/h16-18,20-24H,5-15H2,1-4H3/t16-,17-,18+,20+,21-,22-,23+,24+,25-,26-,27+/m1/s1. The molecule has 0 unspecified atom stereocenters. The Hall–Kier alpha value is -0.410. The van der Waals surface area contributed by atoms with Crippen molar-refractivity contribution in [1.82, 2.24) is 0 Å². The molecule has 0 aromatic carbocycles. The highest BCUT2D eigenvalue weighted by molar-refractivity contribution is 5.79. The van der Waals surface area contributed by atoms with E-state index in [4.69, 9.17) is 9.47 Å². The number of ketones is 1. The van der Waals surface area contributed by atoms with Gasteiger partial charge in [0.15, 0.2) is 5.79 Å². The summed E-state index contributed by atoms with van der Waals surface area (Å²) in [6.07, 6.45) is 12.2. The van der Waals surface area contributed by atoms with E-state index >= 15 is 0 Å². The van der Waals surface area contributed by atoms with Gasteiger partial charge in [-0.3, -0.25) is 4.79 Å². The van der Waals surface area contributed by atoms with E-state index in [0.717, 1.165) is 50.0 Å². The van der Waals surface area contributed by atoms with Gasteiger partial charge in [0.1, 0.15) is 5.78 Å². The van der Waals surface area contributed by atoms with Crippen LogP contribution in [-0.4, -0.2) is 24.3 Å². The van der Waals surface area contributed by atoms with Crippen molar-refractivity contribution in [2.45, 2.75) is 104 Å². The molecule has 3 heteroatoms. The maximum atomic E-state index is 12.2. The first kappa shape index (κ1) is 20.2. The molecule has 4 aliphatic carbocycles. The van der Waals surface area contributed by atoms with Crippen LogP contribution in [0, 0.1) is 52.3 Å². The fourth-order valence-corrected chi connectivity index (χ4v) is 10.1. The number of Topliss-reactive ketones (excluding diaryl/α,β-unsaturated/α-hetero) is 1. The van der Waals surface area contributed by atoms with Crippen LogP contribution in [0.5, 0.6) is 0 Å². The summed E-state index contributed by atoms with van der Waals surface area (Å²) in [5.74, 6) is 5.23. The molecule has 0 N–H and O–H groups in total. The maximum absolute atomic E-state index is 12.2. The van der Waals surface area contributed by atoms with Gasteiger partial charge in [-0.1, -0.05) is 27.7 Å². The second-order valence-electron chi connectivity index (χ2n) is 12.9. The van der Waals surface area contributed by atoms with E-state index in [2.05, 4.69) is 27.7 Å². The smallest absolute Gasteiger partial charge is 0.171 e. The summed E-state index contributed by atoms with van der Waals surface area (Å²) in [5.41, 5.74) is 0.820.